The van der Waals surface area contributed by atoms with Crippen LogP contribution in [0.15, 0.2) is 36.5 Å². The fraction of sp³-hybridized carbons (Fsp3) is 0.250. The normalized spacial score (nSPS) is 13.5. The lowest BCUT2D eigenvalue weighted by Crippen LogP contribution is -2.26. The number of rotatable bonds is 3. The third kappa shape index (κ3) is 3.61. The summed E-state index contributed by atoms with van der Waals surface area (Å²) < 4.78 is 43.4. The Morgan fingerprint density at radius 3 is 2.66 bits per heavy atom. The number of ether oxygens (including phenoxy) is 1. The van der Waals surface area contributed by atoms with Crippen LogP contribution < -0.4 is 5.73 Å². The lowest BCUT2D eigenvalue weighted by Gasteiger charge is -2.18. The predicted octanol–water partition coefficient (Wildman–Crippen LogP) is 3.53. The van der Waals surface area contributed by atoms with Crippen molar-refractivity contribution in [1.29, 1.82) is 0 Å². The Labute approximate surface area is 164 Å². The van der Waals surface area contributed by atoms with Crippen molar-refractivity contribution in [2.45, 2.75) is 25.9 Å². The van der Waals surface area contributed by atoms with Gasteiger partial charge in [0, 0.05) is 29.8 Å². The monoisotopic (exact) mass is 402 g/mol. The number of amides is 1. The van der Waals surface area contributed by atoms with Crippen LogP contribution in [0, 0.1) is 0 Å². The highest BCUT2D eigenvalue weighted by Gasteiger charge is 2.30. The molecule has 2 N–H and O–H groups in total. The number of nitrogen functional groups attached to an aromatic ring is 1. The van der Waals surface area contributed by atoms with Gasteiger partial charge in [-0.25, -0.2) is 4.98 Å². The van der Waals surface area contributed by atoms with Gasteiger partial charge < -0.3 is 15.4 Å². The molecule has 0 spiro atoms. The number of hydrogen-bond donors (Lipinski definition) is 1. The first-order valence-corrected chi connectivity index (χ1v) is 8.80. The number of halogens is 3. The van der Waals surface area contributed by atoms with Gasteiger partial charge in [0.2, 0.25) is 0 Å². The van der Waals surface area contributed by atoms with Gasteiger partial charge in [0.1, 0.15) is 5.82 Å². The van der Waals surface area contributed by atoms with Crippen molar-refractivity contribution in [1.82, 2.24) is 14.9 Å². The number of benzene rings is 1. The number of hydrogen-bond acceptors (Lipinski definition) is 5. The van der Waals surface area contributed by atoms with Gasteiger partial charge in [-0.1, -0.05) is 0 Å². The lowest BCUT2D eigenvalue weighted by molar-refractivity contribution is -0.137. The highest BCUT2D eigenvalue weighted by Crippen LogP contribution is 2.32. The summed E-state index contributed by atoms with van der Waals surface area (Å²) in [6.07, 6.45) is -3.68. The topological polar surface area (TPSA) is 81.3 Å². The molecule has 3 heterocycles. The Bertz CT molecular complexity index is 1100. The van der Waals surface area contributed by atoms with Crippen molar-refractivity contribution in [3.8, 4) is 0 Å². The lowest BCUT2D eigenvalue weighted by atomic mass is 10.0. The molecule has 2 aromatic heterocycles. The zero-order valence-electron chi connectivity index (χ0n) is 15.5. The standard InChI is InChI=1S/C20H17F3N4O2/c1-27(8-13-4-3-12(7-25-13)20(21,22)23)19(28)11-2-5-17-14(6-11)15-9-29-10-16(15)18(24)26-17/h2-7H,8-10H2,1H3,(H2,24,26). The van der Waals surface area contributed by atoms with Crippen LogP contribution in [0.5, 0.6) is 0 Å². The molecule has 1 aliphatic heterocycles. The maximum absolute atomic E-state index is 12.8. The first-order valence-electron chi connectivity index (χ1n) is 8.80. The molecule has 0 saturated heterocycles. The van der Waals surface area contributed by atoms with E-state index in [1.165, 1.54) is 11.0 Å². The molecule has 0 fully saturated rings. The number of nitrogens with two attached hydrogens (primary N) is 1. The maximum atomic E-state index is 12.8. The molecule has 1 aromatic carbocycles. The highest BCUT2D eigenvalue weighted by molar-refractivity contribution is 5.99. The molecule has 1 amide bonds. The first-order chi connectivity index (χ1) is 13.7. The van der Waals surface area contributed by atoms with E-state index in [0.29, 0.717) is 35.8 Å². The van der Waals surface area contributed by atoms with E-state index in [0.717, 1.165) is 28.8 Å². The number of aromatic nitrogens is 2. The smallest absolute Gasteiger partial charge is 0.383 e. The van der Waals surface area contributed by atoms with Crippen LogP contribution in [-0.2, 0) is 30.7 Å². The van der Waals surface area contributed by atoms with E-state index in [1.807, 2.05) is 0 Å². The van der Waals surface area contributed by atoms with E-state index in [-0.39, 0.29) is 12.5 Å². The van der Waals surface area contributed by atoms with Crippen molar-refractivity contribution in [3.05, 3.63) is 64.5 Å². The van der Waals surface area contributed by atoms with Crippen LogP contribution in [0.4, 0.5) is 19.0 Å². The minimum Gasteiger partial charge on any atom is -0.383 e. The molecule has 1 aliphatic rings. The van der Waals surface area contributed by atoms with Crippen LogP contribution in [-0.4, -0.2) is 27.8 Å². The molecule has 3 aromatic rings. The van der Waals surface area contributed by atoms with Crippen LogP contribution >= 0.6 is 0 Å². The second kappa shape index (κ2) is 7.00. The summed E-state index contributed by atoms with van der Waals surface area (Å²) in [7, 11) is 1.57. The Morgan fingerprint density at radius 2 is 1.97 bits per heavy atom. The van der Waals surface area contributed by atoms with Crippen molar-refractivity contribution in [2.24, 2.45) is 0 Å². The number of pyridine rings is 2. The zero-order chi connectivity index (χ0) is 20.8. The second-order valence-corrected chi connectivity index (χ2v) is 6.88. The van der Waals surface area contributed by atoms with E-state index < -0.39 is 11.7 Å². The fourth-order valence-corrected chi connectivity index (χ4v) is 3.32. The number of nitrogens with zero attached hydrogens (tertiary/aromatic N) is 3. The van der Waals surface area contributed by atoms with Crippen molar-refractivity contribution >= 4 is 22.6 Å². The van der Waals surface area contributed by atoms with E-state index >= 15 is 0 Å². The minimum absolute atomic E-state index is 0.0796. The van der Waals surface area contributed by atoms with Crippen LogP contribution in [0.1, 0.15) is 32.7 Å². The van der Waals surface area contributed by atoms with Gasteiger partial charge in [-0.15, -0.1) is 0 Å². The summed E-state index contributed by atoms with van der Waals surface area (Å²) in [6, 6.07) is 7.34. The van der Waals surface area contributed by atoms with E-state index in [9.17, 15) is 18.0 Å². The van der Waals surface area contributed by atoms with E-state index in [4.69, 9.17) is 10.5 Å². The third-order valence-corrected chi connectivity index (χ3v) is 4.87. The summed E-state index contributed by atoms with van der Waals surface area (Å²) in [4.78, 5) is 22.4. The second-order valence-electron chi connectivity index (χ2n) is 6.88. The third-order valence-electron chi connectivity index (χ3n) is 4.87. The van der Waals surface area contributed by atoms with Crippen molar-refractivity contribution in [3.63, 3.8) is 0 Å². The SMILES string of the molecule is CN(Cc1ccc(C(F)(F)F)cn1)C(=O)c1ccc2nc(N)c3c(c2c1)COC3. The molecule has 0 unspecified atom stereocenters. The van der Waals surface area contributed by atoms with Crippen molar-refractivity contribution in [2.75, 3.05) is 12.8 Å². The Hall–Kier alpha value is -3.20. The Balaban J connectivity index is 1.57. The van der Waals surface area contributed by atoms with Gasteiger partial charge in [-0.2, -0.15) is 13.2 Å². The molecule has 6 nitrogen and oxygen atoms in total. The number of carbonyl (C=O) groups is 1. The molecule has 0 aliphatic carbocycles. The minimum atomic E-state index is -4.44. The molecule has 4 rings (SSSR count). The molecule has 150 valence electrons. The van der Waals surface area contributed by atoms with Crippen LogP contribution in [0.25, 0.3) is 10.9 Å². The quantitative estimate of drug-likeness (QED) is 0.725. The summed E-state index contributed by atoms with van der Waals surface area (Å²) in [5, 5.41) is 0.804. The van der Waals surface area contributed by atoms with Gasteiger partial charge in [0.15, 0.2) is 0 Å². The van der Waals surface area contributed by atoms with Gasteiger partial charge in [-0.05, 0) is 35.9 Å². The van der Waals surface area contributed by atoms with Crippen LogP contribution in [0.2, 0.25) is 0 Å². The maximum Gasteiger partial charge on any atom is 0.417 e. The van der Waals surface area contributed by atoms with Gasteiger partial charge >= 0.3 is 6.18 Å². The Morgan fingerprint density at radius 1 is 1.21 bits per heavy atom. The number of fused-ring (bicyclic) bond motifs is 3. The molecule has 0 saturated carbocycles. The van der Waals surface area contributed by atoms with Crippen molar-refractivity contribution < 1.29 is 22.7 Å². The average Bonchev–Trinajstić information content (AvgIpc) is 3.18. The predicted molar refractivity (Wildman–Crippen MR) is 99.7 cm³/mol. The van der Waals surface area contributed by atoms with Gasteiger partial charge in [0.25, 0.3) is 5.91 Å². The summed E-state index contributed by atoms with van der Waals surface area (Å²) >= 11 is 0. The van der Waals surface area contributed by atoms with Gasteiger partial charge in [-0.3, -0.25) is 9.78 Å². The first kappa shape index (κ1) is 19.1. The van der Waals surface area contributed by atoms with E-state index in [2.05, 4.69) is 9.97 Å². The average molecular weight is 402 g/mol. The number of anilines is 1. The summed E-state index contributed by atoms with van der Waals surface area (Å²) in [5.74, 6) is 0.146. The molecule has 29 heavy (non-hydrogen) atoms. The Kier molecular flexibility index (Phi) is 4.62. The molecular weight excluding hydrogens is 385 g/mol. The number of carbonyl (C=O) groups excluding carboxylic acids is 1. The molecule has 0 atom stereocenters. The van der Waals surface area contributed by atoms with E-state index in [1.54, 1.807) is 25.2 Å². The van der Waals surface area contributed by atoms with Gasteiger partial charge in [0.05, 0.1) is 36.5 Å². The molecule has 0 bridgehead atoms. The fourth-order valence-electron chi connectivity index (χ4n) is 3.32. The summed E-state index contributed by atoms with van der Waals surface area (Å²) in [5.41, 5.74) is 8.37. The highest BCUT2D eigenvalue weighted by atomic mass is 19.4. The van der Waals surface area contributed by atoms with Crippen LogP contribution in [0.3, 0.4) is 0 Å². The molecule has 9 heteroatoms. The zero-order valence-corrected chi connectivity index (χ0v) is 15.5. The molecule has 0 radical (unpaired) electrons. The number of alkyl halides is 3. The summed E-state index contributed by atoms with van der Waals surface area (Å²) in [6.45, 7) is 0.875. The molecular formula is C20H17F3N4O2. The largest absolute Gasteiger partial charge is 0.417 e.